The van der Waals surface area contributed by atoms with Gasteiger partial charge in [0.2, 0.25) is 0 Å². The number of anilines is 1. The van der Waals surface area contributed by atoms with Gasteiger partial charge >= 0.3 is 0 Å². The lowest BCUT2D eigenvalue weighted by molar-refractivity contribution is -0.120. The fraction of sp³-hybridized carbons (Fsp3) is 0.333. The van der Waals surface area contributed by atoms with Crippen LogP contribution >= 0.6 is 11.6 Å². The Hall–Kier alpha value is -2.99. The van der Waals surface area contributed by atoms with Gasteiger partial charge in [-0.05, 0) is 60.7 Å². The van der Waals surface area contributed by atoms with Crippen molar-refractivity contribution >= 4 is 34.7 Å². The molecule has 2 amide bonds. The average Bonchev–Trinajstić information content (AvgIpc) is 3.04. The molecule has 31 heavy (non-hydrogen) atoms. The molecule has 2 aliphatic rings. The predicted molar refractivity (Wildman–Crippen MR) is 120 cm³/mol. The molecule has 0 aromatic heterocycles. The molecule has 7 heteroatoms. The summed E-state index contributed by atoms with van der Waals surface area (Å²) in [7, 11) is 3.11. The van der Waals surface area contributed by atoms with Crippen molar-refractivity contribution in [3.05, 3.63) is 58.7 Å². The van der Waals surface area contributed by atoms with Crippen LogP contribution in [0.15, 0.2) is 48.2 Å². The van der Waals surface area contributed by atoms with Crippen LogP contribution < -0.4 is 14.4 Å². The van der Waals surface area contributed by atoms with Crippen LogP contribution in [0.2, 0.25) is 5.02 Å². The van der Waals surface area contributed by atoms with E-state index in [4.69, 9.17) is 21.1 Å². The van der Waals surface area contributed by atoms with Crippen molar-refractivity contribution in [1.29, 1.82) is 0 Å². The minimum absolute atomic E-state index is 0.313. The first-order chi connectivity index (χ1) is 14.9. The zero-order valence-electron chi connectivity index (χ0n) is 17.9. The molecule has 0 spiro atoms. The van der Waals surface area contributed by atoms with Crippen LogP contribution in [0.5, 0.6) is 11.5 Å². The van der Waals surface area contributed by atoms with E-state index < -0.39 is 0 Å². The maximum atomic E-state index is 13.6. The highest BCUT2D eigenvalue weighted by Gasteiger charge is 2.43. The monoisotopic (exact) mass is 440 g/mol. The Morgan fingerprint density at radius 2 is 1.55 bits per heavy atom. The lowest BCUT2D eigenvalue weighted by atomic mass is 9.97. The second-order valence-corrected chi connectivity index (χ2v) is 8.32. The number of likely N-dealkylation sites (tertiary alicyclic amines) is 1. The van der Waals surface area contributed by atoms with Gasteiger partial charge in [-0.3, -0.25) is 9.59 Å². The summed E-state index contributed by atoms with van der Waals surface area (Å²) >= 11 is 6.01. The van der Waals surface area contributed by atoms with Gasteiger partial charge < -0.3 is 14.4 Å². The molecule has 0 saturated carbocycles. The average molecular weight is 441 g/mol. The molecule has 0 atom stereocenters. The number of halogens is 1. The molecule has 0 radical (unpaired) electrons. The summed E-state index contributed by atoms with van der Waals surface area (Å²) in [5, 5.41) is 0.543. The van der Waals surface area contributed by atoms with Crippen LogP contribution in [0.25, 0.3) is 5.57 Å². The van der Waals surface area contributed by atoms with E-state index >= 15 is 0 Å². The van der Waals surface area contributed by atoms with Crippen molar-refractivity contribution in [2.75, 3.05) is 32.2 Å². The molecule has 0 aliphatic carbocycles. The molecule has 6 nitrogen and oxygen atoms in total. The third-order valence-corrected chi connectivity index (χ3v) is 6.17. The quantitative estimate of drug-likeness (QED) is 0.646. The Kier molecular flexibility index (Phi) is 5.92. The Balaban J connectivity index is 1.83. The highest BCUT2D eigenvalue weighted by atomic mass is 35.5. The summed E-state index contributed by atoms with van der Waals surface area (Å²) in [6.07, 6.45) is 1.95. The molecule has 2 aliphatic heterocycles. The lowest BCUT2D eigenvalue weighted by Gasteiger charge is -2.32. The summed E-state index contributed by atoms with van der Waals surface area (Å²) in [6.45, 7) is 3.68. The van der Waals surface area contributed by atoms with Crippen molar-refractivity contribution in [3.63, 3.8) is 0 Å². The molecule has 162 valence electrons. The Bertz CT molecular complexity index is 1040. The molecular weight excluding hydrogens is 416 g/mol. The highest BCUT2D eigenvalue weighted by molar-refractivity contribution is 6.45. The van der Waals surface area contributed by atoms with Gasteiger partial charge in [0.15, 0.2) is 11.5 Å². The Morgan fingerprint density at radius 3 is 2.16 bits per heavy atom. The first kappa shape index (κ1) is 21.2. The zero-order valence-corrected chi connectivity index (χ0v) is 18.6. The number of imide groups is 1. The Labute approximate surface area is 187 Å². The van der Waals surface area contributed by atoms with Crippen molar-refractivity contribution in [2.24, 2.45) is 5.92 Å². The zero-order chi connectivity index (χ0) is 22.1. The number of hydrogen-bond acceptors (Lipinski definition) is 5. The topological polar surface area (TPSA) is 59.1 Å². The number of methoxy groups -OCH3 is 2. The first-order valence-electron chi connectivity index (χ1n) is 10.3. The lowest BCUT2D eigenvalue weighted by Crippen LogP contribution is -2.38. The van der Waals surface area contributed by atoms with Gasteiger partial charge in [-0.15, -0.1) is 0 Å². The largest absolute Gasteiger partial charge is 0.493 e. The molecule has 0 N–H and O–H groups in total. The number of rotatable bonds is 5. The second kappa shape index (κ2) is 8.63. The maximum absolute atomic E-state index is 13.6. The van der Waals surface area contributed by atoms with Gasteiger partial charge in [-0.1, -0.05) is 24.6 Å². The molecule has 1 fully saturated rings. The number of piperidine rings is 1. The number of carbonyl (C=O) groups is 2. The van der Waals surface area contributed by atoms with Gasteiger partial charge in [-0.25, -0.2) is 4.90 Å². The summed E-state index contributed by atoms with van der Waals surface area (Å²) in [6, 6.07) is 12.0. The fourth-order valence-corrected chi connectivity index (χ4v) is 4.25. The van der Waals surface area contributed by atoms with Crippen LogP contribution in [0.1, 0.15) is 25.3 Å². The van der Waals surface area contributed by atoms with Gasteiger partial charge in [-0.2, -0.15) is 0 Å². The Morgan fingerprint density at radius 1 is 0.903 bits per heavy atom. The molecule has 0 bridgehead atoms. The third-order valence-electron chi connectivity index (χ3n) is 5.92. The van der Waals surface area contributed by atoms with E-state index in [0.717, 1.165) is 25.9 Å². The predicted octanol–water partition coefficient (Wildman–Crippen LogP) is 4.37. The molecular formula is C24H25ClN2O4. The SMILES string of the molecule is COc1ccc(C2=C(N3CCC(C)CC3)C(=O)N(c3ccc(Cl)cc3)C2=O)cc1OC. The summed E-state index contributed by atoms with van der Waals surface area (Å²) in [4.78, 5) is 30.4. The van der Waals surface area contributed by atoms with E-state index in [1.807, 2.05) is 4.90 Å². The van der Waals surface area contributed by atoms with Gasteiger partial charge in [0.1, 0.15) is 5.70 Å². The highest BCUT2D eigenvalue weighted by Crippen LogP contribution is 2.39. The van der Waals surface area contributed by atoms with E-state index in [2.05, 4.69) is 6.92 Å². The second-order valence-electron chi connectivity index (χ2n) is 7.89. The van der Waals surface area contributed by atoms with E-state index in [1.165, 1.54) is 4.90 Å². The van der Waals surface area contributed by atoms with Crippen LogP contribution in [-0.4, -0.2) is 44.0 Å². The minimum Gasteiger partial charge on any atom is -0.493 e. The summed E-state index contributed by atoms with van der Waals surface area (Å²) in [5.74, 6) is 0.997. The van der Waals surface area contributed by atoms with Crippen LogP contribution in [0.3, 0.4) is 0 Å². The molecule has 2 aromatic carbocycles. The van der Waals surface area contributed by atoms with E-state index in [1.54, 1.807) is 56.7 Å². The molecule has 0 unspecified atom stereocenters. The van der Waals surface area contributed by atoms with Gasteiger partial charge in [0, 0.05) is 18.1 Å². The normalized spacial score (nSPS) is 17.5. The fourth-order valence-electron chi connectivity index (χ4n) is 4.12. The van der Waals surface area contributed by atoms with Crippen LogP contribution in [0.4, 0.5) is 5.69 Å². The van der Waals surface area contributed by atoms with E-state index in [9.17, 15) is 9.59 Å². The molecule has 2 aromatic rings. The smallest absolute Gasteiger partial charge is 0.282 e. The maximum Gasteiger partial charge on any atom is 0.282 e. The number of ether oxygens (including phenoxy) is 2. The van der Waals surface area contributed by atoms with E-state index in [0.29, 0.717) is 45.0 Å². The standard InChI is InChI=1S/C24H25ClN2O4/c1-15-10-12-26(13-11-15)22-21(16-4-9-19(30-2)20(14-16)31-3)23(28)27(24(22)29)18-7-5-17(25)6-8-18/h4-9,14-15H,10-13H2,1-3H3. The van der Waals surface area contributed by atoms with E-state index in [-0.39, 0.29) is 11.8 Å². The minimum atomic E-state index is -0.354. The van der Waals surface area contributed by atoms with Crippen LogP contribution in [0, 0.1) is 5.92 Å². The van der Waals surface area contributed by atoms with Crippen molar-refractivity contribution in [2.45, 2.75) is 19.8 Å². The first-order valence-corrected chi connectivity index (χ1v) is 10.7. The number of benzene rings is 2. The van der Waals surface area contributed by atoms with Gasteiger partial charge in [0.05, 0.1) is 25.5 Å². The number of amides is 2. The summed E-state index contributed by atoms with van der Waals surface area (Å²) in [5.41, 5.74) is 1.95. The summed E-state index contributed by atoms with van der Waals surface area (Å²) < 4.78 is 10.8. The number of carbonyl (C=O) groups excluding carboxylic acids is 2. The van der Waals surface area contributed by atoms with Crippen molar-refractivity contribution < 1.29 is 19.1 Å². The number of nitrogens with zero attached hydrogens (tertiary/aromatic N) is 2. The van der Waals surface area contributed by atoms with Crippen molar-refractivity contribution in [1.82, 2.24) is 4.90 Å². The third kappa shape index (κ3) is 3.88. The number of hydrogen-bond donors (Lipinski definition) is 0. The molecule has 1 saturated heterocycles. The van der Waals surface area contributed by atoms with Gasteiger partial charge in [0.25, 0.3) is 11.8 Å². The van der Waals surface area contributed by atoms with Crippen LogP contribution in [-0.2, 0) is 9.59 Å². The molecule has 4 rings (SSSR count). The molecule has 2 heterocycles. The van der Waals surface area contributed by atoms with Crippen molar-refractivity contribution in [3.8, 4) is 11.5 Å².